The van der Waals surface area contributed by atoms with Gasteiger partial charge in [0.05, 0.1) is 0 Å². The lowest BCUT2D eigenvalue weighted by Gasteiger charge is -2.15. The Bertz CT molecular complexity index is 735. The summed E-state index contributed by atoms with van der Waals surface area (Å²) in [6.45, 7) is 6.34. The number of hydrogen-bond donors (Lipinski definition) is 1. The van der Waals surface area contributed by atoms with E-state index in [1.807, 2.05) is 6.92 Å². The highest BCUT2D eigenvalue weighted by atomic mass is 16.5. The standard InChI is InChI=1S/C19H25NO4/c1-13(2)5-4-6-14(3)20-18(21)12-23-16-9-7-15-8-10-19(22)24-17(15)11-16/h7-11,13-14H,4-6,12H2,1-3H3,(H,20,21)/t14-/m0/s1. The topological polar surface area (TPSA) is 68.5 Å². The molecule has 0 saturated heterocycles. The minimum Gasteiger partial charge on any atom is -0.484 e. The van der Waals surface area contributed by atoms with Crippen LogP contribution >= 0.6 is 0 Å². The quantitative estimate of drug-likeness (QED) is 0.752. The third-order valence-electron chi connectivity index (χ3n) is 3.79. The molecule has 2 aromatic rings. The number of carbonyl (C=O) groups is 1. The van der Waals surface area contributed by atoms with Gasteiger partial charge in [-0.3, -0.25) is 4.79 Å². The summed E-state index contributed by atoms with van der Waals surface area (Å²) < 4.78 is 10.6. The average Bonchev–Trinajstić information content (AvgIpc) is 2.52. The van der Waals surface area contributed by atoms with E-state index in [0.29, 0.717) is 17.3 Å². The smallest absolute Gasteiger partial charge is 0.336 e. The summed E-state index contributed by atoms with van der Waals surface area (Å²) in [5.74, 6) is 1.03. The molecule has 2 rings (SSSR count). The Labute approximate surface area is 142 Å². The fourth-order valence-corrected chi connectivity index (χ4v) is 2.50. The van der Waals surface area contributed by atoms with Crippen molar-refractivity contribution in [2.45, 2.75) is 46.1 Å². The molecule has 0 unspecified atom stereocenters. The molecule has 1 aromatic carbocycles. The summed E-state index contributed by atoms with van der Waals surface area (Å²) in [4.78, 5) is 23.2. The summed E-state index contributed by atoms with van der Waals surface area (Å²) in [5.41, 5.74) is 0.0371. The Morgan fingerprint density at radius 3 is 2.67 bits per heavy atom. The van der Waals surface area contributed by atoms with E-state index in [2.05, 4.69) is 19.2 Å². The monoisotopic (exact) mass is 331 g/mol. The summed E-state index contributed by atoms with van der Waals surface area (Å²) in [6.07, 6.45) is 3.23. The summed E-state index contributed by atoms with van der Waals surface area (Å²) in [5, 5.41) is 3.74. The number of benzene rings is 1. The van der Waals surface area contributed by atoms with E-state index in [0.717, 1.165) is 18.2 Å². The molecule has 0 aliphatic carbocycles. The van der Waals surface area contributed by atoms with Gasteiger partial charge < -0.3 is 14.5 Å². The second kappa shape index (κ2) is 8.52. The maximum absolute atomic E-state index is 11.9. The third-order valence-corrected chi connectivity index (χ3v) is 3.79. The second-order valence-corrected chi connectivity index (χ2v) is 6.54. The van der Waals surface area contributed by atoms with Gasteiger partial charge in [0.15, 0.2) is 6.61 Å². The highest BCUT2D eigenvalue weighted by Crippen LogP contribution is 2.19. The Morgan fingerprint density at radius 1 is 1.17 bits per heavy atom. The van der Waals surface area contributed by atoms with Crippen molar-refractivity contribution in [3.8, 4) is 5.75 Å². The molecule has 0 aliphatic heterocycles. The molecule has 0 saturated carbocycles. The number of fused-ring (bicyclic) bond motifs is 1. The minimum absolute atomic E-state index is 0.0584. The van der Waals surface area contributed by atoms with Crippen LogP contribution in [-0.2, 0) is 4.79 Å². The van der Waals surface area contributed by atoms with Crippen molar-refractivity contribution in [3.63, 3.8) is 0 Å². The van der Waals surface area contributed by atoms with Crippen LogP contribution in [0, 0.1) is 5.92 Å². The van der Waals surface area contributed by atoms with E-state index >= 15 is 0 Å². The molecule has 0 aliphatic rings. The first-order valence-corrected chi connectivity index (χ1v) is 8.40. The zero-order valence-corrected chi connectivity index (χ0v) is 14.5. The first-order chi connectivity index (χ1) is 11.4. The van der Waals surface area contributed by atoms with Crippen LogP contribution in [0.5, 0.6) is 5.75 Å². The van der Waals surface area contributed by atoms with Crippen molar-refractivity contribution in [2.75, 3.05) is 6.61 Å². The van der Waals surface area contributed by atoms with Crippen LogP contribution in [0.4, 0.5) is 0 Å². The molecule has 5 heteroatoms. The van der Waals surface area contributed by atoms with Gasteiger partial charge in [-0.2, -0.15) is 0 Å². The number of carbonyl (C=O) groups excluding carboxylic acids is 1. The van der Waals surface area contributed by atoms with Crippen molar-refractivity contribution >= 4 is 16.9 Å². The van der Waals surface area contributed by atoms with Crippen LogP contribution in [0.2, 0.25) is 0 Å². The van der Waals surface area contributed by atoms with Gasteiger partial charge in [-0.05, 0) is 37.5 Å². The van der Waals surface area contributed by atoms with Crippen molar-refractivity contribution in [1.82, 2.24) is 5.32 Å². The van der Waals surface area contributed by atoms with E-state index in [4.69, 9.17) is 9.15 Å². The molecule has 0 spiro atoms. The van der Waals surface area contributed by atoms with Crippen molar-refractivity contribution in [3.05, 3.63) is 40.8 Å². The molecule has 24 heavy (non-hydrogen) atoms. The van der Waals surface area contributed by atoms with Gasteiger partial charge in [0, 0.05) is 23.6 Å². The lowest BCUT2D eigenvalue weighted by atomic mass is 10.0. The first kappa shape index (κ1) is 18.0. The molecule has 0 bridgehead atoms. The average molecular weight is 331 g/mol. The molecule has 1 atom stereocenters. The fraction of sp³-hybridized carbons (Fsp3) is 0.474. The largest absolute Gasteiger partial charge is 0.484 e. The predicted octanol–water partition coefficient (Wildman–Crippen LogP) is 3.50. The van der Waals surface area contributed by atoms with Gasteiger partial charge in [0.2, 0.25) is 0 Å². The predicted molar refractivity (Wildman–Crippen MR) is 94.3 cm³/mol. The Balaban J connectivity index is 1.82. The molecule has 130 valence electrons. The molecular formula is C19H25NO4. The zero-order chi connectivity index (χ0) is 17.5. The van der Waals surface area contributed by atoms with Crippen LogP contribution in [0.15, 0.2) is 39.5 Å². The summed E-state index contributed by atoms with van der Waals surface area (Å²) in [6, 6.07) is 8.36. The van der Waals surface area contributed by atoms with Gasteiger partial charge in [0.1, 0.15) is 11.3 Å². The maximum Gasteiger partial charge on any atom is 0.336 e. The fourth-order valence-electron chi connectivity index (χ4n) is 2.50. The minimum atomic E-state index is -0.410. The van der Waals surface area contributed by atoms with Gasteiger partial charge >= 0.3 is 5.63 Å². The molecule has 0 radical (unpaired) electrons. The molecule has 5 nitrogen and oxygen atoms in total. The molecular weight excluding hydrogens is 306 g/mol. The van der Waals surface area contributed by atoms with Gasteiger partial charge in [-0.1, -0.05) is 26.7 Å². The van der Waals surface area contributed by atoms with Crippen molar-refractivity contribution in [2.24, 2.45) is 5.92 Å². The van der Waals surface area contributed by atoms with Gasteiger partial charge in [-0.25, -0.2) is 4.79 Å². The normalized spacial score (nSPS) is 12.3. The van der Waals surface area contributed by atoms with E-state index in [-0.39, 0.29) is 18.6 Å². The van der Waals surface area contributed by atoms with Crippen LogP contribution in [-0.4, -0.2) is 18.6 Å². The summed E-state index contributed by atoms with van der Waals surface area (Å²) in [7, 11) is 0. The van der Waals surface area contributed by atoms with E-state index in [1.54, 1.807) is 24.3 Å². The number of hydrogen-bond acceptors (Lipinski definition) is 4. The van der Waals surface area contributed by atoms with Crippen molar-refractivity contribution < 1.29 is 13.9 Å². The van der Waals surface area contributed by atoms with Crippen LogP contribution in [0.3, 0.4) is 0 Å². The van der Waals surface area contributed by atoms with Gasteiger partial charge in [-0.15, -0.1) is 0 Å². The number of ether oxygens (including phenoxy) is 1. The zero-order valence-electron chi connectivity index (χ0n) is 14.5. The van der Waals surface area contributed by atoms with Crippen LogP contribution < -0.4 is 15.7 Å². The number of rotatable bonds is 8. The SMILES string of the molecule is CC(C)CCC[C@H](C)NC(=O)COc1ccc2ccc(=O)oc2c1. The molecule has 1 heterocycles. The van der Waals surface area contributed by atoms with E-state index in [1.165, 1.54) is 12.5 Å². The first-order valence-electron chi connectivity index (χ1n) is 8.40. The molecule has 0 fully saturated rings. The maximum atomic E-state index is 11.9. The van der Waals surface area contributed by atoms with Crippen molar-refractivity contribution in [1.29, 1.82) is 0 Å². The lowest BCUT2D eigenvalue weighted by Crippen LogP contribution is -2.36. The van der Waals surface area contributed by atoms with E-state index < -0.39 is 5.63 Å². The Kier molecular flexibility index (Phi) is 6.41. The highest BCUT2D eigenvalue weighted by molar-refractivity contribution is 5.79. The van der Waals surface area contributed by atoms with Crippen LogP contribution in [0.1, 0.15) is 40.0 Å². The van der Waals surface area contributed by atoms with Gasteiger partial charge in [0.25, 0.3) is 5.91 Å². The Hall–Kier alpha value is -2.30. The molecule has 1 N–H and O–H groups in total. The van der Waals surface area contributed by atoms with Crippen LogP contribution in [0.25, 0.3) is 11.0 Å². The lowest BCUT2D eigenvalue weighted by molar-refractivity contribution is -0.123. The van der Waals surface area contributed by atoms with E-state index in [9.17, 15) is 9.59 Å². The third kappa shape index (κ3) is 5.72. The second-order valence-electron chi connectivity index (χ2n) is 6.54. The number of amides is 1. The highest BCUT2D eigenvalue weighted by Gasteiger charge is 2.09. The summed E-state index contributed by atoms with van der Waals surface area (Å²) >= 11 is 0. The Morgan fingerprint density at radius 2 is 1.92 bits per heavy atom. The number of nitrogens with one attached hydrogen (secondary N) is 1. The molecule has 1 aromatic heterocycles. The molecule has 1 amide bonds.